The van der Waals surface area contributed by atoms with Gasteiger partial charge in [-0.1, -0.05) is 24.3 Å². The minimum Gasteiger partial charge on any atom is -0.493 e. The molecule has 0 aromatic heterocycles. The first-order valence-electron chi connectivity index (χ1n) is 8.27. The van der Waals surface area contributed by atoms with E-state index in [0.717, 1.165) is 16.1 Å². The van der Waals surface area contributed by atoms with Crippen LogP contribution in [0.2, 0.25) is 0 Å². The fourth-order valence-corrected chi connectivity index (χ4v) is 3.60. The summed E-state index contributed by atoms with van der Waals surface area (Å²) in [6, 6.07) is 15.0. The molecular weight excluding hydrogens is 350 g/mol. The highest BCUT2D eigenvalue weighted by Gasteiger charge is 2.28. The minimum atomic E-state index is -0.476. The van der Waals surface area contributed by atoms with Gasteiger partial charge < -0.3 is 10.1 Å². The van der Waals surface area contributed by atoms with Crippen LogP contribution in [-0.4, -0.2) is 29.9 Å². The minimum absolute atomic E-state index is 0.0509. The van der Waals surface area contributed by atoms with Crippen LogP contribution in [0.5, 0.6) is 5.75 Å². The van der Waals surface area contributed by atoms with Gasteiger partial charge in [0, 0.05) is 16.9 Å². The Kier molecular flexibility index (Phi) is 5.91. The van der Waals surface area contributed by atoms with Gasteiger partial charge in [-0.3, -0.25) is 9.59 Å². The van der Waals surface area contributed by atoms with E-state index in [4.69, 9.17) is 4.74 Å². The number of thioether (sulfide) groups is 1. The summed E-state index contributed by atoms with van der Waals surface area (Å²) in [7, 11) is 0. The molecule has 7 heteroatoms. The second-order valence-electron chi connectivity index (χ2n) is 5.56. The first kappa shape index (κ1) is 18.0. The number of hydrogen-bond donors (Lipinski definition) is 2. The van der Waals surface area contributed by atoms with E-state index in [-0.39, 0.29) is 18.2 Å². The quantitative estimate of drug-likeness (QED) is 0.606. The number of carbonyl (C=O) groups is 2. The van der Waals surface area contributed by atoms with Gasteiger partial charge in [0.1, 0.15) is 5.75 Å². The molecule has 2 N–H and O–H groups in total. The van der Waals surface area contributed by atoms with Crippen LogP contribution in [0.25, 0.3) is 0 Å². The average molecular weight is 369 g/mol. The van der Waals surface area contributed by atoms with Crippen LogP contribution in [0.15, 0.2) is 58.5 Å². The van der Waals surface area contributed by atoms with Gasteiger partial charge in [0.15, 0.2) is 0 Å². The molecule has 1 unspecified atom stereocenters. The number of para-hydroxylation sites is 2. The lowest BCUT2D eigenvalue weighted by atomic mass is 10.2. The molecule has 1 aliphatic rings. The fraction of sp³-hybridized carbons (Fsp3) is 0.211. The van der Waals surface area contributed by atoms with Gasteiger partial charge in [-0.15, -0.1) is 11.8 Å². The summed E-state index contributed by atoms with van der Waals surface area (Å²) in [6.07, 6.45) is 1.58. The van der Waals surface area contributed by atoms with E-state index in [1.54, 1.807) is 0 Å². The average Bonchev–Trinajstić information content (AvgIpc) is 2.64. The van der Waals surface area contributed by atoms with Crippen molar-refractivity contribution >= 4 is 35.5 Å². The molecule has 2 aromatic rings. The molecule has 1 atom stereocenters. The van der Waals surface area contributed by atoms with E-state index in [9.17, 15) is 9.59 Å². The number of rotatable bonds is 6. The summed E-state index contributed by atoms with van der Waals surface area (Å²) in [6.45, 7) is 2.45. The third-order valence-corrected chi connectivity index (χ3v) is 4.96. The maximum atomic E-state index is 12.1. The fourth-order valence-electron chi connectivity index (χ4n) is 2.49. The van der Waals surface area contributed by atoms with E-state index in [1.165, 1.54) is 18.0 Å². The lowest BCUT2D eigenvalue weighted by molar-refractivity contribution is -0.124. The summed E-state index contributed by atoms with van der Waals surface area (Å²) in [5.74, 6) is 0.212. The molecule has 1 aliphatic heterocycles. The van der Waals surface area contributed by atoms with Gasteiger partial charge in [0.25, 0.3) is 0 Å². The second-order valence-corrected chi connectivity index (χ2v) is 6.80. The summed E-state index contributed by atoms with van der Waals surface area (Å²) < 4.78 is 5.50. The molecule has 0 aliphatic carbocycles. The molecule has 2 amide bonds. The van der Waals surface area contributed by atoms with Crippen molar-refractivity contribution in [3.63, 3.8) is 0 Å². The Morgan fingerprint density at radius 2 is 2.04 bits per heavy atom. The van der Waals surface area contributed by atoms with Crippen molar-refractivity contribution < 1.29 is 14.3 Å². The van der Waals surface area contributed by atoms with Gasteiger partial charge >= 0.3 is 0 Å². The van der Waals surface area contributed by atoms with Crippen molar-refractivity contribution in [3.05, 3.63) is 54.1 Å². The Bertz CT molecular complexity index is 838. The van der Waals surface area contributed by atoms with Crippen molar-refractivity contribution in [2.24, 2.45) is 5.10 Å². The number of anilines is 1. The Hall–Kier alpha value is -2.80. The molecule has 2 aromatic carbocycles. The van der Waals surface area contributed by atoms with Crippen LogP contribution in [0, 0.1) is 0 Å². The van der Waals surface area contributed by atoms with E-state index in [1.807, 2.05) is 55.5 Å². The van der Waals surface area contributed by atoms with E-state index >= 15 is 0 Å². The van der Waals surface area contributed by atoms with Crippen molar-refractivity contribution in [2.75, 3.05) is 11.9 Å². The number of carbonyl (C=O) groups excluding carboxylic acids is 2. The van der Waals surface area contributed by atoms with Crippen molar-refractivity contribution in [2.45, 2.75) is 23.5 Å². The lowest BCUT2D eigenvalue weighted by Crippen LogP contribution is -2.33. The van der Waals surface area contributed by atoms with E-state index in [2.05, 4.69) is 15.8 Å². The van der Waals surface area contributed by atoms with Crippen LogP contribution in [0.1, 0.15) is 18.9 Å². The predicted octanol–water partition coefficient (Wildman–Crippen LogP) is 3.04. The number of ether oxygens (including phenoxy) is 1. The third kappa shape index (κ3) is 4.43. The molecule has 3 rings (SSSR count). The molecule has 0 saturated heterocycles. The van der Waals surface area contributed by atoms with Gasteiger partial charge in [0.2, 0.25) is 11.8 Å². The summed E-state index contributed by atoms with van der Waals surface area (Å²) in [5.41, 5.74) is 4.03. The monoisotopic (exact) mass is 369 g/mol. The van der Waals surface area contributed by atoms with Gasteiger partial charge in [-0.25, -0.2) is 5.43 Å². The summed E-state index contributed by atoms with van der Waals surface area (Å²) >= 11 is 1.39. The van der Waals surface area contributed by atoms with Crippen LogP contribution >= 0.6 is 11.8 Å². The zero-order chi connectivity index (χ0) is 18.4. The Balaban J connectivity index is 1.57. The summed E-state index contributed by atoms with van der Waals surface area (Å²) in [5, 5.41) is 6.32. The first-order chi connectivity index (χ1) is 12.7. The SMILES string of the molecule is CCOc1ccccc1/C=N/NC(=O)CC1Sc2ccccc2NC1=O. The van der Waals surface area contributed by atoms with Gasteiger partial charge in [0.05, 0.1) is 23.8 Å². The van der Waals surface area contributed by atoms with Crippen molar-refractivity contribution in [1.29, 1.82) is 0 Å². The topological polar surface area (TPSA) is 79.8 Å². The number of fused-ring (bicyclic) bond motifs is 1. The zero-order valence-corrected chi connectivity index (χ0v) is 15.1. The Labute approximate surface area is 156 Å². The number of benzene rings is 2. The highest BCUT2D eigenvalue weighted by Crippen LogP contribution is 2.36. The van der Waals surface area contributed by atoms with Crippen molar-refractivity contribution in [3.8, 4) is 5.75 Å². The number of nitrogens with one attached hydrogen (secondary N) is 2. The standard InChI is InChI=1S/C19H19N3O3S/c1-2-25-15-9-5-3-7-13(15)12-20-22-18(23)11-17-19(24)21-14-8-4-6-10-16(14)26-17/h3-10,12,17H,2,11H2,1H3,(H,21,24)(H,22,23)/b20-12+. The highest BCUT2D eigenvalue weighted by molar-refractivity contribution is 8.01. The first-order valence-corrected chi connectivity index (χ1v) is 9.15. The molecule has 0 radical (unpaired) electrons. The maximum Gasteiger partial charge on any atom is 0.241 e. The van der Waals surface area contributed by atoms with E-state index in [0.29, 0.717) is 12.4 Å². The molecule has 0 fully saturated rings. The second kappa shape index (κ2) is 8.53. The smallest absolute Gasteiger partial charge is 0.241 e. The highest BCUT2D eigenvalue weighted by atomic mass is 32.2. The molecule has 6 nitrogen and oxygen atoms in total. The molecule has 134 valence electrons. The molecule has 0 bridgehead atoms. The van der Waals surface area contributed by atoms with Crippen LogP contribution in [-0.2, 0) is 9.59 Å². The summed E-state index contributed by atoms with van der Waals surface area (Å²) in [4.78, 5) is 25.2. The lowest BCUT2D eigenvalue weighted by Gasteiger charge is -2.23. The molecule has 0 spiro atoms. The number of amides is 2. The number of nitrogens with zero attached hydrogens (tertiary/aromatic N) is 1. The molecule has 26 heavy (non-hydrogen) atoms. The molecule has 1 heterocycles. The predicted molar refractivity (Wildman–Crippen MR) is 103 cm³/mol. The van der Waals surface area contributed by atoms with Crippen LogP contribution < -0.4 is 15.5 Å². The van der Waals surface area contributed by atoms with Gasteiger partial charge in [-0.2, -0.15) is 5.10 Å². The molecule has 0 saturated carbocycles. The normalized spacial score (nSPS) is 16.0. The number of hydrazone groups is 1. The van der Waals surface area contributed by atoms with E-state index < -0.39 is 5.25 Å². The molecular formula is C19H19N3O3S. The zero-order valence-electron chi connectivity index (χ0n) is 14.3. The third-order valence-electron chi connectivity index (χ3n) is 3.69. The van der Waals surface area contributed by atoms with Crippen molar-refractivity contribution in [1.82, 2.24) is 5.43 Å². The number of hydrogen-bond acceptors (Lipinski definition) is 5. The van der Waals surface area contributed by atoms with Crippen LogP contribution in [0.3, 0.4) is 0 Å². The Morgan fingerprint density at radius 3 is 2.88 bits per heavy atom. The van der Waals surface area contributed by atoms with Crippen LogP contribution in [0.4, 0.5) is 5.69 Å². The van der Waals surface area contributed by atoms with Gasteiger partial charge in [-0.05, 0) is 31.2 Å². The Morgan fingerprint density at radius 1 is 1.27 bits per heavy atom. The largest absolute Gasteiger partial charge is 0.493 e. The maximum absolute atomic E-state index is 12.1.